The zero-order valence-electron chi connectivity index (χ0n) is 9.16. The van der Waals surface area contributed by atoms with Crippen LogP contribution in [0.2, 0.25) is 0 Å². The first kappa shape index (κ1) is 10.8. The molecule has 0 aromatic carbocycles. The monoisotopic (exact) mass is 224 g/mol. The molecular formula is C12H16O2S. The van der Waals surface area contributed by atoms with Gasteiger partial charge in [0.2, 0.25) is 0 Å². The largest absolute Gasteiger partial charge is 0.377 e. The first-order valence-electron chi connectivity index (χ1n) is 5.44. The molecule has 82 valence electrons. The zero-order valence-corrected chi connectivity index (χ0v) is 9.97. The summed E-state index contributed by atoms with van der Waals surface area (Å²) in [5.41, 5.74) is 0. The van der Waals surface area contributed by atoms with Gasteiger partial charge in [0, 0.05) is 11.5 Å². The molecular weight excluding hydrogens is 208 g/mol. The molecule has 0 radical (unpaired) electrons. The van der Waals surface area contributed by atoms with Crippen molar-refractivity contribution in [2.75, 3.05) is 6.61 Å². The van der Waals surface area contributed by atoms with Crippen LogP contribution in [0, 0.1) is 12.8 Å². The molecule has 1 aromatic heterocycles. The van der Waals surface area contributed by atoms with E-state index in [1.165, 1.54) is 4.88 Å². The van der Waals surface area contributed by atoms with Crippen molar-refractivity contribution >= 4 is 17.1 Å². The molecule has 0 saturated carbocycles. The fraction of sp³-hybridized carbons (Fsp3) is 0.583. The van der Waals surface area contributed by atoms with Gasteiger partial charge < -0.3 is 4.74 Å². The van der Waals surface area contributed by atoms with E-state index in [1.54, 1.807) is 11.3 Å². The second-order valence-electron chi connectivity index (χ2n) is 3.99. The third-order valence-corrected chi connectivity index (χ3v) is 3.95. The van der Waals surface area contributed by atoms with Crippen molar-refractivity contribution in [3.8, 4) is 0 Å². The van der Waals surface area contributed by atoms with Crippen LogP contribution >= 0.6 is 11.3 Å². The van der Waals surface area contributed by atoms with Crippen LogP contribution in [0.15, 0.2) is 12.1 Å². The van der Waals surface area contributed by atoms with Gasteiger partial charge in [-0.3, -0.25) is 4.79 Å². The van der Waals surface area contributed by atoms with Crippen molar-refractivity contribution < 1.29 is 9.53 Å². The predicted octanol–water partition coefficient (Wildman–Crippen LogP) is 3.05. The molecule has 2 atom stereocenters. The van der Waals surface area contributed by atoms with Crippen molar-refractivity contribution in [2.24, 2.45) is 5.92 Å². The first-order valence-corrected chi connectivity index (χ1v) is 6.26. The average molecular weight is 224 g/mol. The van der Waals surface area contributed by atoms with Crippen LogP contribution in [0.4, 0.5) is 0 Å². The van der Waals surface area contributed by atoms with Gasteiger partial charge in [0.1, 0.15) is 0 Å². The lowest BCUT2D eigenvalue weighted by atomic mass is 9.94. The minimum absolute atomic E-state index is 0.0908. The molecule has 2 unspecified atom stereocenters. The van der Waals surface area contributed by atoms with E-state index in [1.807, 2.05) is 19.1 Å². The topological polar surface area (TPSA) is 26.3 Å². The number of carbonyl (C=O) groups excluding carboxylic acids is 1. The highest BCUT2D eigenvalue weighted by molar-refractivity contribution is 7.14. The van der Waals surface area contributed by atoms with Gasteiger partial charge in [-0.1, -0.05) is 6.92 Å². The van der Waals surface area contributed by atoms with E-state index in [9.17, 15) is 4.79 Å². The smallest absolute Gasteiger partial charge is 0.178 e. The summed E-state index contributed by atoms with van der Waals surface area (Å²) in [6, 6.07) is 3.95. The van der Waals surface area contributed by atoms with Gasteiger partial charge in [0.15, 0.2) is 5.78 Å². The Morgan fingerprint density at radius 3 is 3.00 bits per heavy atom. The molecule has 0 aliphatic carbocycles. The van der Waals surface area contributed by atoms with E-state index in [0.717, 1.165) is 24.3 Å². The van der Waals surface area contributed by atoms with E-state index < -0.39 is 0 Å². The highest BCUT2D eigenvalue weighted by atomic mass is 32.1. The number of hydrogen-bond donors (Lipinski definition) is 0. The molecule has 1 aliphatic heterocycles. The SMILES string of the molecule is CCC1OCCC1C(=O)c1ccc(C)s1. The Hall–Kier alpha value is -0.670. The molecule has 15 heavy (non-hydrogen) atoms. The van der Waals surface area contributed by atoms with Crippen molar-refractivity contribution in [1.29, 1.82) is 0 Å². The Morgan fingerprint density at radius 1 is 1.60 bits per heavy atom. The molecule has 2 nitrogen and oxygen atoms in total. The maximum absolute atomic E-state index is 12.2. The summed E-state index contributed by atoms with van der Waals surface area (Å²) in [5, 5.41) is 0. The van der Waals surface area contributed by atoms with Gasteiger partial charge in [0.05, 0.1) is 16.9 Å². The predicted molar refractivity (Wildman–Crippen MR) is 61.5 cm³/mol. The summed E-state index contributed by atoms with van der Waals surface area (Å²) in [6.07, 6.45) is 1.95. The molecule has 1 saturated heterocycles. The minimum Gasteiger partial charge on any atom is -0.377 e. The number of Topliss-reactive ketones (excluding diaryl/α,β-unsaturated/α-hetero) is 1. The van der Waals surface area contributed by atoms with Gasteiger partial charge in [-0.25, -0.2) is 0 Å². The summed E-state index contributed by atoms with van der Waals surface area (Å²) < 4.78 is 5.55. The van der Waals surface area contributed by atoms with E-state index in [0.29, 0.717) is 0 Å². The summed E-state index contributed by atoms with van der Waals surface area (Å²) in [7, 11) is 0. The van der Waals surface area contributed by atoms with Crippen LogP contribution in [0.5, 0.6) is 0 Å². The van der Waals surface area contributed by atoms with Gasteiger partial charge in [-0.05, 0) is 31.9 Å². The molecule has 3 heteroatoms. The van der Waals surface area contributed by atoms with Gasteiger partial charge in [-0.15, -0.1) is 11.3 Å². The molecule has 1 aromatic rings. The van der Waals surface area contributed by atoms with Gasteiger partial charge in [0.25, 0.3) is 0 Å². The van der Waals surface area contributed by atoms with E-state index in [4.69, 9.17) is 4.74 Å². The Labute approximate surface area is 94.3 Å². The lowest BCUT2D eigenvalue weighted by Gasteiger charge is -2.14. The normalized spacial score (nSPS) is 25.7. The van der Waals surface area contributed by atoms with Crippen LogP contribution in [0.3, 0.4) is 0 Å². The molecule has 0 N–H and O–H groups in total. The quantitative estimate of drug-likeness (QED) is 0.738. The second kappa shape index (κ2) is 4.45. The lowest BCUT2D eigenvalue weighted by Crippen LogP contribution is -2.23. The Bertz CT molecular complexity index is 356. The van der Waals surface area contributed by atoms with Crippen molar-refractivity contribution in [1.82, 2.24) is 0 Å². The van der Waals surface area contributed by atoms with Crippen molar-refractivity contribution in [3.63, 3.8) is 0 Å². The molecule has 0 spiro atoms. The maximum atomic E-state index is 12.2. The van der Waals surface area contributed by atoms with Crippen LogP contribution in [-0.2, 0) is 4.74 Å². The summed E-state index contributed by atoms with van der Waals surface area (Å²) in [4.78, 5) is 14.2. The zero-order chi connectivity index (χ0) is 10.8. The number of ketones is 1. The van der Waals surface area contributed by atoms with Crippen LogP contribution < -0.4 is 0 Å². The molecule has 2 heterocycles. The molecule has 1 aliphatic rings. The summed E-state index contributed by atoms with van der Waals surface area (Å²) in [5.74, 6) is 0.366. The summed E-state index contributed by atoms with van der Waals surface area (Å²) >= 11 is 1.59. The highest BCUT2D eigenvalue weighted by Gasteiger charge is 2.33. The van der Waals surface area contributed by atoms with Crippen LogP contribution in [0.25, 0.3) is 0 Å². The Kier molecular flexibility index (Phi) is 3.22. The van der Waals surface area contributed by atoms with Gasteiger partial charge in [-0.2, -0.15) is 0 Å². The van der Waals surface area contributed by atoms with Crippen molar-refractivity contribution in [2.45, 2.75) is 32.8 Å². The molecule has 0 amide bonds. The van der Waals surface area contributed by atoms with Crippen LogP contribution in [0.1, 0.15) is 34.3 Å². The first-order chi connectivity index (χ1) is 7.22. The van der Waals surface area contributed by atoms with Gasteiger partial charge >= 0.3 is 0 Å². The third kappa shape index (κ3) is 2.13. The average Bonchev–Trinajstić information content (AvgIpc) is 2.84. The number of aryl methyl sites for hydroxylation is 1. The second-order valence-corrected chi connectivity index (χ2v) is 5.28. The number of thiophene rings is 1. The Morgan fingerprint density at radius 2 is 2.40 bits per heavy atom. The standard InChI is InChI=1S/C12H16O2S/c1-3-10-9(6-7-14-10)12(13)11-5-4-8(2)15-11/h4-5,9-10H,3,6-7H2,1-2H3. The third-order valence-electron chi connectivity index (χ3n) is 2.93. The molecule has 2 rings (SSSR count). The Balaban J connectivity index is 2.13. The highest BCUT2D eigenvalue weighted by Crippen LogP contribution is 2.29. The van der Waals surface area contributed by atoms with E-state index in [-0.39, 0.29) is 17.8 Å². The molecule has 0 bridgehead atoms. The number of rotatable bonds is 3. The fourth-order valence-corrected chi connectivity index (χ4v) is 2.97. The molecule has 1 fully saturated rings. The minimum atomic E-state index is 0.0908. The van der Waals surface area contributed by atoms with E-state index >= 15 is 0 Å². The van der Waals surface area contributed by atoms with Crippen molar-refractivity contribution in [3.05, 3.63) is 21.9 Å². The number of ether oxygens (including phenoxy) is 1. The lowest BCUT2D eigenvalue weighted by molar-refractivity contribution is 0.0692. The summed E-state index contributed by atoms with van der Waals surface area (Å²) in [6.45, 7) is 4.85. The van der Waals surface area contributed by atoms with E-state index in [2.05, 4.69) is 6.92 Å². The number of carbonyl (C=O) groups is 1. The maximum Gasteiger partial charge on any atom is 0.178 e. The van der Waals surface area contributed by atoms with Crippen LogP contribution in [-0.4, -0.2) is 18.5 Å². The fourth-order valence-electron chi connectivity index (χ4n) is 2.10. The number of hydrogen-bond acceptors (Lipinski definition) is 3.